The number of rotatable bonds is 8. The number of anilines is 1. The van der Waals surface area contributed by atoms with Crippen molar-refractivity contribution in [1.29, 1.82) is 0 Å². The van der Waals surface area contributed by atoms with Crippen molar-refractivity contribution in [3.8, 4) is 0 Å². The number of aromatic nitrogens is 2. The van der Waals surface area contributed by atoms with Gasteiger partial charge >= 0.3 is 0 Å². The molecule has 0 bridgehead atoms. The lowest BCUT2D eigenvalue weighted by atomic mass is 10.0. The van der Waals surface area contributed by atoms with Gasteiger partial charge in [-0.1, -0.05) is 11.3 Å². The van der Waals surface area contributed by atoms with Crippen LogP contribution in [0.1, 0.15) is 36.0 Å². The van der Waals surface area contributed by atoms with Crippen LogP contribution in [-0.2, 0) is 4.74 Å². The molecule has 106 valence electrons. The summed E-state index contributed by atoms with van der Waals surface area (Å²) in [7, 11) is 1.71. The van der Waals surface area contributed by atoms with E-state index in [1.165, 1.54) is 11.3 Å². The fraction of sp³-hybridized carbons (Fsp3) is 0.750. The van der Waals surface area contributed by atoms with E-state index in [4.69, 9.17) is 4.74 Å². The first-order chi connectivity index (χ1) is 9.19. The molecule has 19 heavy (non-hydrogen) atoms. The number of carbonyl (C=O) groups excluding carboxylic acids is 1. The molecule has 0 saturated heterocycles. The highest BCUT2D eigenvalue weighted by atomic mass is 32.1. The maximum atomic E-state index is 11.9. The van der Waals surface area contributed by atoms with Gasteiger partial charge in [0.1, 0.15) is 0 Å². The van der Waals surface area contributed by atoms with E-state index in [9.17, 15) is 4.79 Å². The zero-order valence-corrected chi connectivity index (χ0v) is 12.2. The topological polar surface area (TPSA) is 76.1 Å². The van der Waals surface area contributed by atoms with Gasteiger partial charge in [-0.2, -0.15) is 0 Å². The lowest BCUT2D eigenvalue weighted by Gasteiger charge is -2.14. The lowest BCUT2D eigenvalue weighted by molar-refractivity contribution is 0.0937. The van der Waals surface area contributed by atoms with E-state index in [0.717, 1.165) is 32.4 Å². The largest absolute Gasteiger partial charge is 0.385 e. The number of nitrogens with one attached hydrogen (secondary N) is 2. The SMILES string of the molecule is CCNc1nnc(C(=O)NCC2(CCOC)CC2)s1. The third-order valence-electron chi connectivity index (χ3n) is 3.36. The van der Waals surface area contributed by atoms with Crippen LogP contribution in [0.25, 0.3) is 0 Å². The van der Waals surface area contributed by atoms with Gasteiger partial charge in [-0.25, -0.2) is 0 Å². The standard InChI is InChI=1S/C12H20N4O2S/c1-3-13-11-16-15-10(19-11)9(17)14-8-12(4-5-12)6-7-18-2/h3-8H2,1-2H3,(H,13,16)(H,14,17). The minimum Gasteiger partial charge on any atom is -0.385 e. The average molecular weight is 284 g/mol. The van der Waals surface area contributed by atoms with Crippen molar-refractivity contribution in [2.24, 2.45) is 5.41 Å². The van der Waals surface area contributed by atoms with Crippen molar-refractivity contribution in [3.63, 3.8) is 0 Å². The van der Waals surface area contributed by atoms with Crippen molar-refractivity contribution in [3.05, 3.63) is 5.01 Å². The molecule has 2 rings (SSSR count). The summed E-state index contributed by atoms with van der Waals surface area (Å²) in [5.41, 5.74) is 0.251. The van der Waals surface area contributed by atoms with Crippen LogP contribution in [-0.4, -0.2) is 42.9 Å². The Bertz CT molecular complexity index is 431. The summed E-state index contributed by atoms with van der Waals surface area (Å²) >= 11 is 1.28. The van der Waals surface area contributed by atoms with Gasteiger partial charge in [0.2, 0.25) is 10.1 Å². The molecule has 2 N–H and O–H groups in total. The molecule has 0 aliphatic heterocycles. The fourth-order valence-electron chi connectivity index (χ4n) is 1.89. The van der Waals surface area contributed by atoms with E-state index >= 15 is 0 Å². The summed E-state index contributed by atoms with van der Waals surface area (Å²) in [5.74, 6) is -0.134. The molecular formula is C12H20N4O2S. The second kappa shape index (κ2) is 6.29. The molecule has 1 aliphatic carbocycles. The molecule has 1 heterocycles. The average Bonchev–Trinajstić information content (AvgIpc) is 3.04. The molecule has 7 heteroatoms. The molecule has 1 fully saturated rings. The van der Waals surface area contributed by atoms with E-state index in [0.29, 0.717) is 16.7 Å². The van der Waals surface area contributed by atoms with Crippen LogP contribution in [0.4, 0.5) is 5.13 Å². The van der Waals surface area contributed by atoms with Crippen LogP contribution >= 0.6 is 11.3 Å². The maximum Gasteiger partial charge on any atom is 0.282 e. The Morgan fingerprint density at radius 3 is 2.89 bits per heavy atom. The molecule has 1 aliphatic rings. The van der Waals surface area contributed by atoms with Gasteiger partial charge < -0.3 is 15.4 Å². The van der Waals surface area contributed by atoms with E-state index in [-0.39, 0.29) is 11.3 Å². The third kappa shape index (κ3) is 3.87. The Morgan fingerprint density at radius 1 is 1.47 bits per heavy atom. The minimum absolute atomic E-state index is 0.134. The number of amides is 1. The number of hydrogen-bond acceptors (Lipinski definition) is 6. The first kappa shape index (κ1) is 14.2. The Hall–Kier alpha value is -1.21. The Balaban J connectivity index is 1.80. The fourth-order valence-corrected chi connectivity index (χ4v) is 2.62. The van der Waals surface area contributed by atoms with Crippen molar-refractivity contribution in [1.82, 2.24) is 15.5 Å². The highest BCUT2D eigenvalue weighted by Gasteiger charge is 2.42. The maximum absolute atomic E-state index is 11.9. The Kier molecular flexibility index (Phi) is 4.71. The molecular weight excluding hydrogens is 264 g/mol. The molecule has 0 atom stereocenters. The van der Waals surface area contributed by atoms with Crippen LogP contribution in [0.3, 0.4) is 0 Å². The first-order valence-electron chi connectivity index (χ1n) is 6.53. The van der Waals surface area contributed by atoms with Gasteiger partial charge in [-0.05, 0) is 31.6 Å². The van der Waals surface area contributed by atoms with Crippen molar-refractivity contribution < 1.29 is 9.53 Å². The number of hydrogen-bond donors (Lipinski definition) is 2. The Labute approximate surface area is 116 Å². The number of nitrogens with zero attached hydrogens (tertiary/aromatic N) is 2. The predicted molar refractivity (Wildman–Crippen MR) is 74.6 cm³/mol. The van der Waals surface area contributed by atoms with Crippen LogP contribution in [0, 0.1) is 5.41 Å². The van der Waals surface area contributed by atoms with Gasteiger partial charge in [0.25, 0.3) is 5.91 Å². The van der Waals surface area contributed by atoms with Gasteiger partial charge in [0, 0.05) is 26.8 Å². The Morgan fingerprint density at radius 2 is 2.26 bits per heavy atom. The van der Waals surface area contributed by atoms with E-state index in [1.807, 2.05) is 6.92 Å². The zero-order chi connectivity index (χ0) is 13.7. The third-order valence-corrected chi connectivity index (χ3v) is 4.24. The highest BCUT2D eigenvalue weighted by molar-refractivity contribution is 7.17. The van der Waals surface area contributed by atoms with E-state index in [2.05, 4.69) is 20.8 Å². The summed E-state index contributed by atoms with van der Waals surface area (Å²) in [4.78, 5) is 11.9. The van der Waals surface area contributed by atoms with Gasteiger partial charge in [-0.15, -0.1) is 10.2 Å². The molecule has 1 amide bonds. The monoisotopic (exact) mass is 284 g/mol. The summed E-state index contributed by atoms with van der Waals surface area (Å²) in [5, 5.41) is 14.9. The lowest BCUT2D eigenvalue weighted by Crippen LogP contribution is -2.30. The molecule has 0 radical (unpaired) electrons. The smallest absolute Gasteiger partial charge is 0.282 e. The normalized spacial score (nSPS) is 16.1. The molecule has 0 unspecified atom stereocenters. The van der Waals surface area contributed by atoms with Crippen molar-refractivity contribution in [2.75, 3.05) is 32.1 Å². The summed E-state index contributed by atoms with van der Waals surface area (Å²) in [6.45, 7) is 4.20. The van der Waals surface area contributed by atoms with Crippen LogP contribution in [0.15, 0.2) is 0 Å². The summed E-state index contributed by atoms with van der Waals surface area (Å²) in [6, 6.07) is 0. The number of ether oxygens (including phenoxy) is 1. The summed E-state index contributed by atoms with van der Waals surface area (Å²) in [6.07, 6.45) is 3.33. The van der Waals surface area contributed by atoms with Gasteiger partial charge in [-0.3, -0.25) is 4.79 Å². The quantitative estimate of drug-likeness (QED) is 0.757. The van der Waals surface area contributed by atoms with E-state index in [1.54, 1.807) is 7.11 Å². The molecule has 0 aromatic carbocycles. The number of carbonyl (C=O) groups is 1. The van der Waals surface area contributed by atoms with Crippen molar-refractivity contribution in [2.45, 2.75) is 26.2 Å². The predicted octanol–water partition coefficient (Wildman–Crippen LogP) is 1.52. The van der Waals surface area contributed by atoms with Crippen LogP contribution in [0.2, 0.25) is 0 Å². The molecule has 0 spiro atoms. The molecule has 1 aromatic heterocycles. The minimum atomic E-state index is -0.134. The van der Waals surface area contributed by atoms with Crippen molar-refractivity contribution >= 4 is 22.4 Å². The molecule has 1 saturated carbocycles. The van der Waals surface area contributed by atoms with Gasteiger partial charge in [0.15, 0.2) is 0 Å². The zero-order valence-electron chi connectivity index (χ0n) is 11.4. The number of methoxy groups -OCH3 is 1. The second-order valence-corrected chi connectivity index (χ2v) is 5.85. The second-order valence-electron chi connectivity index (χ2n) is 4.87. The van der Waals surface area contributed by atoms with E-state index < -0.39 is 0 Å². The van der Waals surface area contributed by atoms with Crippen LogP contribution in [0.5, 0.6) is 0 Å². The molecule has 1 aromatic rings. The highest BCUT2D eigenvalue weighted by Crippen LogP contribution is 2.48. The first-order valence-corrected chi connectivity index (χ1v) is 7.35. The van der Waals surface area contributed by atoms with Gasteiger partial charge in [0.05, 0.1) is 0 Å². The van der Waals surface area contributed by atoms with Crippen LogP contribution < -0.4 is 10.6 Å². The summed E-state index contributed by atoms with van der Waals surface area (Å²) < 4.78 is 5.10. The molecule has 6 nitrogen and oxygen atoms in total.